The molecule has 0 radical (unpaired) electrons. The quantitative estimate of drug-likeness (QED) is 0.814. The fourth-order valence-corrected chi connectivity index (χ4v) is 2.04. The van der Waals surface area contributed by atoms with Crippen LogP contribution in [0, 0.1) is 19.8 Å². The third kappa shape index (κ3) is 2.63. The van der Waals surface area contributed by atoms with Crippen LogP contribution in [0.25, 0.3) is 0 Å². The number of hydrogen-bond donors (Lipinski definition) is 2. The Hall–Kier alpha value is -0.860. The van der Waals surface area contributed by atoms with E-state index in [0.29, 0.717) is 12.3 Å². The van der Waals surface area contributed by atoms with Crippen molar-refractivity contribution in [3.8, 4) is 0 Å². The van der Waals surface area contributed by atoms with Crippen molar-refractivity contribution >= 4 is 0 Å². The molecule has 0 spiro atoms. The second kappa shape index (κ2) is 4.56. The number of hydrogen-bond acceptors (Lipinski definition) is 2. The van der Waals surface area contributed by atoms with E-state index >= 15 is 0 Å². The summed E-state index contributed by atoms with van der Waals surface area (Å²) in [6.45, 7) is 4.15. The fraction of sp³-hybridized carbons (Fsp3) is 0.571. The van der Waals surface area contributed by atoms with Crippen LogP contribution in [0.3, 0.4) is 0 Å². The maximum Gasteiger partial charge on any atom is 0.0842 e. The van der Waals surface area contributed by atoms with Crippen molar-refractivity contribution in [3.05, 3.63) is 34.9 Å². The molecule has 1 saturated carbocycles. The molecule has 1 aromatic carbocycles. The van der Waals surface area contributed by atoms with Crippen LogP contribution in [-0.2, 0) is 6.42 Å². The number of rotatable bonds is 4. The fourth-order valence-electron chi connectivity index (χ4n) is 2.04. The standard InChI is InChI=1S/C14H20O2/c1-9-3-4-11(7-10(9)2)8-13(15)14(16)12-5-6-12/h3-4,7,12-16H,5-6,8H2,1-2H3. The van der Waals surface area contributed by atoms with Gasteiger partial charge in [0.1, 0.15) is 0 Å². The van der Waals surface area contributed by atoms with Crippen LogP contribution in [-0.4, -0.2) is 22.4 Å². The predicted octanol–water partition coefficient (Wildman–Crippen LogP) is 1.98. The topological polar surface area (TPSA) is 40.5 Å². The van der Waals surface area contributed by atoms with E-state index < -0.39 is 12.2 Å². The lowest BCUT2D eigenvalue weighted by Gasteiger charge is -2.17. The zero-order valence-corrected chi connectivity index (χ0v) is 9.98. The lowest BCUT2D eigenvalue weighted by molar-refractivity contribution is 0.00673. The van der Waals surface area contributed by atoms with Gasteiger partial charge in [0.05, 0.1) is 12.2 Å². The molecule has 1 aliphatic carbocycles. The van der Waals surface area contributed by atoms with Gasteiger partial charge in [-0.25, -0.2) is 0 Å². The van der Waals surface area contributed by atoms with E-state index in [1.54, 1.807) is 0 Å². The molecule has 0 bridgehead atoms. The molecular formula is C14H20O2. The van der Waals surface area contributed by atoms with Gasteiger partial charge in [-0.3, -0.25) is 0 Å². The lowest BCUT2D eigenvalue weighted by atomic mass is 9.98. The highest BCUT2D eigenvalue weighted by molar-refractivity contribution is 5.30. The van der Waals surface area contributed by atoms with E-state index in [0.717, 1.165) is 18.4 Å². The van der Waals surface area contributed by atoms with E-state index in [9.17, 15) is 10.2 Å². The molecule has 0 saturated heterocycles. The average Bonchev–Trinajstić information content (AvgIpc) is 3.06. The molecule has 2 rings (SSSR count). The summed E-state index contributed by atoms with van der Waals surface area (Å²) in [5.41, 5.74) is 3.61. The normalized spacial score (nSPS) is 19.5. The Morgan fingerprint density at radius 3 is 2.44 bits per heavy atom. The van der Waals surface area contributed by atoms with Crippen molar-refractivity contribution in [2.45, 2.75) is 45.3 Å². The van der Waals surface area contributed by atoms with Crippen LogP contribution < -0.4 is 0 Å². The molecule has 0 heterocycles. The highest BCUT2D eigenvalue weighted by Gasteiger charge is 2.34. The molecule has 2 heteroatoms. The number of benzene rings is 1. The third-order valence-corrected chi connectivity index (χ3v) is 3.52. The third-order valence-electron chi connectivity index (χ3n) is 3.52. The van der Waals surface area contributed by atoms with Gasteiger partial charge in [0, 0.05) is 6.42 Å². The number of aliphatic hydroxyl groups is 2. The van der Waals surface area contributed by atoms with Crippen molar-refractivity contribution in [1.29, 1.82) is 0 Å². The first-order valence-electron chi connectivity index (χ1n) is 6.00. The van der Waals surface area contributed by atoms with Crippen LogP contribution in [0.5, 0.6) is 0 Å². The molecule has 2 N–H and O–H groups in total. The molecule has 1 aliphatic rings. The van der Waals surface area contributed by atoms with E-state index in [-0.39, 0.29) is 0 Å². The first-order chi connectivity index (χ1) is 7.58. The first kappa shape index (κ1) is 11.6. The van der Waals surface area contributed by atoms with Gasteiger partial charge in [-0.2, -0.15) is 0 Å². The first-order valence-corrected chi connectivity index (χ1v) is 6.00. The average molecular weight is 220 g/mol. The minimum absolute atomic E-state index is 0.335. The van der Waals surface area contributed by atoms with Crippen molar-refractivity contribution in [3.63, 3.8) is 0 Å². The van der Waals surface area contributed by atoms with E-state index in [2.05, 4.69) is 26.0 Å². The Balaban J connectivity index is 1.99. The summed E-state index contributed by atoms with van der Waals surface area (Å²) in [4.78, 5) is 0. The van der Waals surface area contributed by atoms with Gasteiger partial charge in [0.2, 0.25) is 0 Å². The summed E-state index contributed by atoms with van der Waals surface area (Å²) >= 11 is 0. The Labute approximate surface area is 96.9 Å². The van der Waals surface area contributed by atoms with Gasteiger partial charge in [-0.1, -0.05) is 18.2 Å². The predicted molar refractivity (Wildman–Crippen MR) is 64.4 cm³/mol. The zero-order chi connectivity index (χ0) is 11.7. The summed E-state index contributed by atoms with van der Waals surface area (Å²) in [5, 5.41) is 19.7. The summed E-state index contributed by atoms with van der Waals surface area (Å²) in [7, 11) is 0. The minimum Gasteiger partial charge on any atom is -0.390 e. The number of aliphatic hydroxyl groups excluding tert-OH is 2. The summed E-state index contributed by atoms with van der Waals surface area (Å²) < 4.78 is 0. The second-order valence-corrected chi connectivity index (χ2v) is 5.02. The maximum atomic E-state index is 9.89. The molecule has 2 unspecified atom stereocenters. The van der Waals surface area contributed by atoms with Gasteiger partial charge in [-0.15, -0.1) is 0 Å². The van der Waals surface area contributed by atoms with Gasteiger partial charge in [0.15, 0.2) is 0 Å². The zero-order valence-electron chi connectivity index (χ0n) is 9.98. The Bertz CT molecular complexity index is 369. The van der Waals surface area contributed by atoms with Gasteiger partial charge in [0.25, 0.3) is 0 Å². The number of aryl methyl sites for hydroxylation is 2. The Morgan fingerprint density at radius 1 is 1.19 bits per heavy atom. The van der Waals surface area contributed by atoms with Crippen LogP contribution in [0.15, 0.2) is 18.2 Å². The van der Waals surface area contributed by atoms with Gasteiger partial charge >= 0.3 is 0 Å². The molecule has 1 fully saturated rings. The lowest BCUT2D eigenvalue weighted by Crippen LogP contribution is -2.29. The van der Waals surface area contributed by atoms with E-state index in [4.69, 9.17) is 0 Å². The highest BCUT2D eigenvalue weighted by atomic mass is 16.3. The van der Waals surface area contributed by atoms with Gasteiger partial charge < -0.3 is 10.2 Å². The van der Waals surface area contributed by atoms with Crippen LogP contribution in [0.4, 0.5) is 0 Å². The summed E-state index contributed by atoms with van der Waals surface area (Å²) in [5.74, 6) is 0.335. The van der Waals surface area contributed by atoms with Crippen molar-refractivity contribution in [1.82, 2.24) is 0 Å². The molecule has 2 nitrogen and oxygen atoms in total. The molecule has 0 amide bonds. The largest absolute Gasteiger partial charge is 0.390 e. The van der Waals surface area contributed by atoms with Crippen LogP contribution >= 0.6 is 0 Å². The smallest absolute Gasteiger partial charge is 0.0842 e. The molecule has 88 valence electrons. The van der Waals surface area contributed by atoms with Gasteiger partial charge in [-0.05, 0) is 49.3 Å². The van der Waals surface area contributed by atoms with Crippen LogP contribution in [0.2, 0.25) is 0 Å². The highest BCUT2D eigenvalue weighted by Crippen LogP contribution is 2.34. The monoisotopic (exact) mass is 220 g/mol. The summed E-state index contributed by atoms with van der Waals surface area (Å²) in [6, 6.07) is 6.20. The molecule has 0 aliphatic heterocycles. The van der Waals surface area contributed by atoms with E-state index in [1.807, 2.05) is 6.07 Å². The van der Waals surface area contributed by atoms with Crippen molar-refractivity contribution in [2.24, 2.45) is 5.92 Å². The molecule has 1 aromatic rings. The van der Waals surface area contributed by atoms with E-state index in [1.165, 1.54) is 11.1 Å². The molecule has 16 heavy (non-hydrogen) atoms. The molecule has 0 aromatic heterocycles. The Morgan fingerprint density at radius 2 is 1.88 bits per heavy atom. The summed E-state index contributed by atoms with van der Waals surface area (Å²) in [6.07, 6.45) is 1.52. The van der Waals surface area contributed by atoms with Crippen molar-refractivity contribution in [2.75, 3.05) is 0 Å². The minimum atomic E-state index is -0.616. The van der Waals surface area contributed by atoms with Crippen LogP contribution in [0.1, 0.15) is 29.5 Å². The molecular weight excluding hydrogens is 200 g/mol. The maximum absolute atomic E-state index is 9.89. The Kier molecular flexibility index (Phi) is 3.31. The van der Waals surface area contributed by atoms with Crippen molar-refractivity contribution < 1.29 is 10.2 Å². The second-order valence-electron chi connectivity index (χ2n) is 5.02. The molecule has 2 atom stereocenters. The SMILES string of the molecule is Cc1ccc(CC(O)C(O)C2CC2)cc1C.